The van der Waals surface area contributed by atoms with Gasteiger partial charge in [0.15, 0.2) is 5.17 Å². The first-order valence-electron chi connectivity index (χ1n) is 8.39. The standard InChI is InChI=1S/C19H17FN4OS2/c1-19(6-8-26-18(21)24-19)13-10-12(4-5-14(13)20)23-16(25)15-9-11-3-2-7-22-17(11)27-15/h2-5,7,9-10H,6,8H2,1H3,(H2,21,24)(H,23,25). The first kappa shape index (κ1) is 17.9. The summed E-state index contributed by atoms with van der Waals surface area (Å²) < 4.78 is 14.5. The minimum Gasteiger partial charge on any atom is -0.379 e. The Bertz CT molecular complexity index is 1030. The smallest absolute Gasteiger partial charge is 0.265 e. The molecule has 27 heavy (non-hydrogen) atoms. The average molecular weight is 401 g/mol. The van der Waals surface area contributed by atoms with Gasteiger partial charge in [-0.15, -0.1) is 11.3 Å². The van der Waals surface area contributed by atoms with Gasteiger partial charge in [0.05, 0.1) is 10.4 Å². The number of hydrogen-bond acceptors (Lipinski definition) is 6. The van der Waals surface area contributed by atoms with Crippen molar-refractivity contribution in [2.24, 2.45) is 10.7 Å². The van der Waals surface area contributed by atoms with Crippen molar-refractivity contribution in [1.29, 1.82) is 0 Å². The molecule has 1 aromatic carbocycles. The second kappa shape index (κ2) is 6.94. The first-order chi connectivity index (χ1) is 12.9. The van der Waals surface area contributed by atoms with Crippen molar-refractivity contribution >= 4 is 50.1 Å². The predicted molar refractivity (Wildman–Crippen MR) is 110 cm³/mol. The van der Waals surface area contributed by atoms with Crippen LogP contribution in [0.15, 0.2) is 47.6 Å². The Hall–Kier alpha value is -2.45. The Kier molecular flexibility index (Phi) is 4.61. The molecule has 0 radical (unpaired) electrons. The molecular weight excluding hydrogens is 383 g/mol. The maximum atomic E-state index is 14.5. The highest BCUT2D eigenvalue weighted by Crippen LogP contribution is 2.37. The monoisotopic (exact) mass is 400 g/mol. The fraction of sp³-hybridized carbons (Fsp3) is 0.211. The Morgan fingerprint density at radius 3 is 2.96 bits per heavy atom. The Morgan fingerprint density at radius 1 is 1.33 bits per heavy atom. The van der Waals surface area contributed by atoms with Crippen molar-refractivity contribution in [3.63, 3.8) is 0 Å². The number of thioether (sulfide) groups is 1. The number of rotatable bonds is 3. The number of amidine groups is 1. The van der Waals surface area contributed by atoms with E-state index in [2.05, 4.69) is 15.3 Å². The Balaban J connectivity index is 1.63. The Morgan fingerprint density at radius 2 is 2.19 bits per heavy atom. The fourth-order valence-electron chi connectivity index (χ4n) is 3.07. The molecule has 0 fully saturated rings. The number of halogens is 1. The summed E-state index contributed by atoms with van der Waals surface area (Å²) in [5.74, 6) is 0.171. The highest BCUT2D eigenvalue weighted by atomic mass is 32.2. The van der Waals surface area contributed by atoms with Crippen LogP contribution in [0.5, 0.6) is 0 Å². The van der Waals surface area contributed by atoms with E-state index >= 15 is 0 Å². The van der Waals surface area contributed by atoms with Crippen LogP contribution in [0.25, 0.3) is 10.2 Å². The van der Waals surface area contributed by atoms with Crippen molar-refractivity contribution in [3.8, 4) is 0 Å². The van der Waals surface area contributed by atoms with Gasteiger partial charge in [-0.2, -0.15) is 0 Å². The lowest BCUT2D eigenvalue weighted by molar-refractivity contribution is 0.103. The minimum absolute atomic E-state index is 0.247. The lowest BCUT2D eigenvalue weighted by atomic mass is 9.89. The van der Waals surface area contributed by atoms with E-state index in [4.69, 9.17) is 5.73 Å². The number of hydrogen-bond donors (Lipinski definition) is 2. The van der Waals surface area contributed by atoms with Crippen molar-refractivity contribution in [2.75, 3.05) is 11.1 Å². The maximum absolute atomic E-state index is 14.5. The SMILES string of the molecule is CC1(c2cc(NC(=O)c3cc4cccnc4s3)ccc2F)CCSC(N)=N1. The summed E-state index contributed by atoms with van der Waals surface area (Å²) in [6.45, 7) is 1.86. The molecule has 2 aromatic heterocycles. The van der Waals surface area contributed by atoms with Crippen LogP contribution in [0, 0.1) is 5.82 Å². The molecule has 5 nitrogen and oxygen atoms in total. The largest absolute Gasteiger partial charge is 0.379 e. The molecule has 1 unspecified atom stereocenters. The molecule has 1 aliphatic heterocycles. The molecule has 1 amide bonds. The van der Waals surface area contributed by atoms with Crippen molar-refractivity contribution < 1.29 is 9.18 Å². The van der Waals surface area contributed by atoms with Gasteiger partial charge >= 0.3 is 0 Å². The number of pyridine rings is 1. The minimum atomic E-state index is -0.734. The molecule has 0 aliphatic carbocycles. The predicted octanol–water partition coefficient (Wildman–Crippen LogP) is 4.35. The molecule has 3 N–H and O–H groups in total. The number of carbonyl (C=O) groups excluding carboxylic acids is 1. The van der Waals surface area contributed by atoms with Crippen LogP contribution < -0.4 is 11.1 Å². The quantitative estimate of drug-likeness (QED) is 0.685. The maximum Gasteiger partial charge on any atom is 0.265 e. The number of aliphatic imine (C=N–C) groups is 1. The molecule has 0 bridgehead atoms. The highest BCUT2D eigenvalue weighted by Gasteiger charge is 2.32. The lowest BCUT2D eigenvalue weighted by Gasteiger charge is -2.30. The number of nitrogens with two attached hydrogens (primary N) is 1. The molecule has 1 aliphatic rings. The van der Waals surface area contributed by atoms with E-state index in [1.54, 1.807) is 24.4 Å². The van der Waals surface area contributed by atoms with Gasteiger partial charge in [-0.25, -0.2) is 9.37 Å². The van der Waals surface area contributed by atoms with Gasteiger partial charge in [0.25, 0.3) is 5.91 Å². The summed E-state index contributed by atoms with van der Waals surface area (Å²) in [4.78, 5) is 22.7. The van der Waals surface area contributed by atoms with Crippen LogP contribution in [-0.4, -0.2) is 21.8 Å². The third kappa shape index (κ3) is 3.54. The number of fused-ring (bicyclic) bond motifs is 1. The lowest BCUT2D eigenvalue weighted by Crippen LogP contribution is -2.29. The normalized spacial score (nSPS) is 19.7. The van der Waals surface area contributed by atoms with Gasteiger partial charge < -0.3 is 11.1 Å². The van der Waals surface area contributed by atoms with Crippen LogP contribution in [0.3, 0.4) is 0 Å². The summed E-state index contributed by atoms with van der Waals surface area (Å²) in [5, 5.41) is 4.22. The molecule has 4 rings (SSSR count). The number of aromatic nitrogens is 1. The van der Waals surface area contributed by atoms with Gasteiger partial charge in [0.1, 0.15) is 10.6 Å². The second-order valence-electron chi connectivity index (χ2n) is 6.48. The molecule has 1 atom stereocenters. The van der Waals surface area contributed by atoms with Gasteiger partial charge in [0.2, 0.25) is 0 Å². The van der Waals surface area contributed by atoms with Crippen LogP contribution in [0.4, 0.5) is 10.1 Å². The number of amides is 1. The molecule has 138 valence electrons. The zero-order valence-electron chi connectivity index (χ0n) is 14.5. The van der Waals surface area contributed by atoms with Crippen molar-refractivity contribution in [1.82, 2.24) is 4.98 Å². The third-order valence-corrected chi connectivity index (χ3v) is 6.37. The number of thiophene rings is 1. The van der Waals surface area contributed by atoms with E-state index in [1.807, 2.05) is 19.1 Å². The van der Waals surface area contributed by atoms with Crippen molar-refractivity contribution in [2.45, 2.75) is 18.9 Å². The van der Waals surface area contributed by atoms with Crippen LogP contribution in [0.1, 0.15) is 28.6 Å². The van der Waals surface area contributed by atoms with E-state index in [0.29, 0.717) is 27.7 Å². The molecule has 3 aromatic rings. The summed E-state index contributed by atoms with van der Waals surface area (Å²) in [5.41, 5.74) is 6.07. The first-order valence-corrected chi connectivity index (χ1v) is 10.2. The second-order valence-corrected chi connectivity index (χ2v) is 8.63. The van der Waals surface area contributed by atoms with E-state index < -0.39 is 5.54 Å². The van der Waals surface area contributed by atoms with Crippen molar-refractivity contribution in [3.05, 3.63) is 58.9 Å². The van der Waals surface area contributed by atoms with Gasteiger partial charge in [-0.3, -0.25) is 9.79 Å². The topological polar surface area (TPSA) is 80.4 Å². The summed E-state index contributed by atoms with van der Waals surface area (Å²) in [6.07, 6.45) is 2.37. The summed E-state index contributed by atoms with van der Waals surface area (Å²) in [6, 6.07) is 10.1. The fourth-order valence-corrected chi connectivity index (χ4v) is 4.95. The average Bonchev–Trinajstić information content (AvgIpc) is 3.07. The van der Waals surface area contributed by atoms with E-state index in [0.717, 1.165) is 16.0 Å². The van der Waals surface area contributed by atoms with E-state index in [1.165, 1.54) is 29.2 Å². The summed E-state index contributed by atoms with van der Waals surface area (Å²) >= 11 is 2.79. The number of carbonyl (C=O) groups is 1. The highest BCUT2D eigenvalue weighted by molar-refractivity contribution is 8.13. The molecular formula is C19H17FN4OS2. The molecule has 0 spiro atoms. The molecule has 0 saturated carbocycles. The Labute approximate surface area is 163 Å². The third-order valence-electron chi connectivity index (χ3n) is 4.52. The van der Waals surface area contributed by atoms with E-state index in [-0.39, 0.29) is 11.7 Å². The zero-order chi connectivity index (χ0) is 19.0. The van der Waals surface area contributed by atoms with Gasteiger partial charge in [-0.05, 0) is 43.7 Å². The van der Waals surface area contributed by atoms with Crippen LogP contribution >= 0.6 is 23.1 Å². The number of nitrogens with one attached hydrogen (secondary N) is 1. The molecule has 0 saturated heterocycles. The van der Waals surface area contributed by atoms with E-state index in [9.17, 15) is 9.18 Å². The zero-order valence-corrected chi connectivity index (χ0v) is 16.2. The van der Waals surface area contributed by atoms with Gasteiger partial charge in [0, 0.05) is 28.6 Å². The van der Waals surface area contributed by atoms with Crippen LogP contribution in [0.2, 0.25) is 0 Å². The molecule has 3 heterocycles. The molecule has 8 heteroatoms. The van der Waals surface area contributed by atoms with Crippen LogP contribution in [-0.2, 0) is 5.54 Å². The number of nitrogens with zero attached hydrogens (tertiary/aromatic N) is 2. The summed E-state index contributed by atoms with van der Waals surface area (Å²) in [7, 11) is 0. The number of benzene rings is 1. The van der Waals surface area contributed by atoms with Gasteiger partial charge in [-0.1, -0.05) is 17.8 Å². The number of anilines is 1.